The molecule has 0 aliphatic carbocycles. The maximum atomic E-state index is 12.1. The molecule has 0 fully saturated rings. The molecule has 25 heavy (non-hydrogen) atoms. The summed E-state index contributed by atoms with van der Waals surface area (Å²) < 4.78 is 29.3. The van der Waals surface area contributed by atoms with Crippen LogP contribution in [0.5, 0.6) is 5.75 Å². The molecule has 1 amide bonds. The number of anilines is 1. The van der Waals surface area contributed by atoms with Gasteiger partial charge in [-0.25, -0.2) is 8.42 Å². The maximum Gasteiger partial charge on any atom is 0.271 e. The molecule has 0 aliphatic heterocycles. The average molecular weight is 364 g/mol. The second kappa shape index (κ2) is 7.75. The van der Waals surface area contributed by atoms with Gasteiger partial charge >= 0.3 is 0 Å². The highest BCUT2D eigenvalue weighted by Gasteiger charge is 2.20. The summed E-state index contributed by atoms with van der Waals surface area (Å²) in [5.74, 6) is -1.62. The molecule has 0 heterocycles. The van der Waals surface area contributed by atoms with E-state index in [0.29, 0.717) is 5.56 Å². The zero-order valence-corrected chi connectivity index (χ0v) is 14.2. The molecule has 0 saturated carbocycles. The summed E-state index contributed by atoms with van der Waals surface area (Å²) in [7, 11) is -2.35. The molecule has 0 radical (unpaired) electrons. The number of amides is 1. The highest BCUT2D eigenvalue weighted by atomic mass is 32.2. The van der Waals surface area contributed by atoms with Gasteiger partial charge in [-0.1, -0.05) is 30.3 Å². The lowest BCUT2D eigenvalue weighted by atomic mass is 10.2. The molecule has 0 saturated heterocycles. The van der Waals surface area contributed by atoms with Crippen molar-refractivity contribution >= 4 is 27.1 Å². The van der Waals surface area contributed by atoms with Crippen molar-refractivity contribution in [1.82, 2.24) is 0 Å². The number of rotatable bonds is 7. The number of carbonyl (C=O) groups is 1. The number of hydrogen-bond donors (Lipinski definition) is 1. The summed E-state index contributed by atoms with van der Waals surface area (Å²) in [5, 5.41) is 13.2. The SMILES string of the molecule is COc1ccc([N+](=O)[O-])cc1NC(=O)CS(=O)(=O)Cc1ccccc1. The lowest BCUT2D eigenvalue weighted by Crippen LogP contribution is -2.24. The number of hydrogen-bond acceptors (Lipinski definition) is 6. The lowest BCUT2D eigenvalue weighted by molar-refractivity contribution is -0.384. The van der Waals surface area contributed by atoms with Crippen LogP contribution >= 0.6 is 0 Å². The van der Waals surface area contributed by atoms with Crippen LogP contribution in [0, 0.1) is 10.1 Å². The standard InChI is InChI=1S/C16H16N2O6S/c1-24-15-8-7-13(18(20)21)9-14(15)17-16(19)11-25(22,23)10-12-5-3-2-4-6-12/h2-9H,10-11H2,1H3,(H,17,19). The van der Waals surface area contributed by atoms with Crippen LogP contribution in [0.4, 0.5) is 11.4 Å². The van der Waals surface area contributed by atoms with Gasteiger partial charge < -0.3 is 10.1 Å². The largest absolute Gasteiger partial charge is 0.495 e. The minimum atomic E-state index is -3.69. The Kier molecular flexibility index (Phi) is 5.71. The van der Waals surface area contributed by atoms with Gasteiger partial charge in [0.2, 0.25) is 5.91 Å². The quantitative estimate of drug-likeness (QED) is 0.594. The van der Waals surface area contributed by atoms with Crippen LogP contribution in [0.15, 0.2) is 48.5 Å². The van der Waals surface area contributed by atoms with Crippen molar-refractivity contribution in [3.8, 4) is 5.75 Å². The van der Waals surface area contributed by atoms with E-state index in [0.717, 1.165) is 6.07 Å². The molecule has 8 nitrogen and oxygen atoms in total. The Balaban J connectivity index is 2.11. The Bertz CT molecular complexity index is 881. The fraction of sp³-hybridized carbons (Fsp3) is 0.188. The second-order valence-corrected chi connectivity index (χ2v) is 7.27. The number of carbonyl (C=O) groups excluding carboxylic acids is 1. The van der Waals surface area contributed by atoms with Crippen LogP contribution in [0.1, 0.15) is 5.56 Å². The summed E-state index contributed by atoms with van der Waals surface area (Å²) in [6, 6.07) is 12.1. The fourth-order valence-corrected chi connectivity index (χ4v) is 3.45. The van der Waals surface area contributed by atoms with Crippen molar-refractivity contribution in [2.24, 2.45) is 0 Å². The number of ether oxygens (including phenoxy) is 1. The van der Waals surface area contributed by atoms with Gasteiger partial charge in [0.05, 0.1) is 23.5 Å². The zero-order valence-electron chi connectivity index (χ0n) is 13.3. The first-order valence-corrected chi connectivity index (χ1v) is 8.99. The van der Waals surface area contributed by atoms with Gasteiger partial charge in [0.1, 0.15) is 11.5 Å². The second-order valence-electron chi connectivity index (χ2n) is 5.21. The number of nitrogens with zero attached hydrogens (tertiary/aromatic N) is 1. The van der Waals surface area contributed by atoms with Crippen molar-refractivity contribution in [2.75, 3.05) is 18.2 Å². The Labute approximate surface area is 144 Å². The van der Waals surface area contributed by atoms with E-state index < -0.39 is 26.4 Å². The van der Waals surface area contributed by atoms with E-state index in [1.807, 2.05) is 0 Å². The number of non-ortho nitro benzene ring substituents is 1. The van der Waals surface area contributed by atoms with Gasteiger partial charge in [-0.3, -0.25) is 14.9 Å². The average Bonchev–Trinajstić information content (AvgIpc) is 2.54. The van der Waals surface area contributed by atoms with Crippen LogP contribution in [0.3, 0.4) is 0 Å². The first-order valence-electron chi connectivity index (χ1n) is 7.17. The molecule has 9 heteroatoms. The Morgan fingerprint density at radius 1 is 1.20 bits per heavy atom. The molecular weight excluding hydrogens is 348 g/mol. The van der Waals surface area contributed by atoms with E-state index in [9.17, 15) is 23.3 Å². The van der Waals surface area contributed by atoms with Gasteiger partial charge in [-0.05, 0) is 11.6 Å². The molecule has 0 aromatic heterocycles. The van der Waals surface area contributed by atoms with Crippen molar-refractivity contribution in [3.05, 3.63) is 64.2 Å². The number of nitrogens with one attached hydrogen (secondary N) is 1. The molecule has 0 bridgehead atoms. The Morgan fingerprint density at radius 2 is 1.88 bits per heavy atom. The van der Waals surface area contributed by atoms with E-state index >= 15 is 0 Å². The molecule has 0 atom stereocenters. The van der Waals surface area contributed by atoms with E-state index in [2.05, 4.69) is 5.32 Å². The summed E-state index contributed by atoms with van der Waals surface area (Å²) in [6.45, 7) is 0. The lowest BCUT2D eigenvalue weighted by Gasteiger charge is -2.10. The first kappa shape index (κ1) is 18.4. The summed E-state index contributed by atoms with van der Waals surface area (Å²) in [6.07, 6.45) is 0. The van der Waals surface area contributed by atoms with Crippen LogP contribution in [0.2, 0.25) is 0 Å². The molecule has 0 aliphatic rings. The minimum absolute atomic E-state index is 0.0385. The van der Waals surface area contributed by atoms with Crippen molar-refractivity contribution in [1.29, 1.82) is 0 Å². The van der Waals surface area contributed by atoms with Gasteiger partial charge in [0, 0.05) is 12.1 Å². The van der Waals surface area contributed by atoms with Crippen molar-refractivity contribution in [2.45, 2.75) is 5.75 Å². The number of nitro groups is 1. The van der Waals surface area contributed by atoms with E-state index in [4.69, 9.17) is 4.74 Å². The highest BCUT2D eigenvalue weighted by molar-refractivity contribution is 7.91. The monoisotopic (exact) mass is 364 g/mol. The molecule has 1 N–H and O–H groups in total. The van der Waals surface area contributed by atoms with E-state index in [-0.39, 0.29) is 22.9 Å². The van der Waals surface area contributed by atoms with Crippen molar-refractivity contribution < 1.29 is 22.9 Å². The maximum absolute atomic E-state index is 12.1. The Morgan fingerprint density at radius 3 is 2.48 bits per heavy atom. The number of sulfone groups is 1. The third-order valence-electron chi connectivity index (χ3n) is 3.25. The summed E-state index contributed by atoms with van der Waals surface area (Å²) in [5.41, 5.74) is 0.364. The van der Waals surface area contributed by atoms with Gasteiger partial charge in [0.25, 0.3) is 5.69 Å². The van der Waals surface area contributed by atoms with E-state index in [1.54, 1.807) is 30.3 Å². The normalized spacial score (nSPS) is 10.9. The van der Waals surface area contributed by atoms with Crippen LogP contribution < -0.4 is 10.1 Å². The molecule has 0 unspecified atom stereocenters. The summed E-state index contributed by atoms with van der Waals surface area (Å²) >= 11 is 0. The third-order valence-corrected chi connectivity index (χ3v) is 4.72. The van der Waals surface area contributed by atoms with Crippen LogP contribution in [-0.2, 0) is 20.4 Å². The summed E-state index contributed by atoms with van der Waals surface area (Å²) in [4.78, 5) is 22.3. The molecule has 2 aromatic rings. The molecular formula is C16H16N2O6S. The van der Waals surface area contributed by atoms with E-state index in [1.165, 1.54) is 19.2 Å². The number of benzene rings is 2. The first-order chi connectivity index (χ1) is 11.8. The zero-order chi connectivity index (χ0) is 18.4. The topological polar surface area (TPSA) is 116 Å². The fourth-order valence-electron chi connectivity index (χ4n) is 2.17. The highest BCUT2D eigenvalue weighted by Crippen LogP contribution is 2.28. The van der Waals surface area contributed by atoms with Crippen molar-refractivity contribution in [3.63, 3.8) is 0 Å². The predicted molar refractivity (Wildman–Crippen MR) is 92.2 cm³/mol. The Hall–Kier alpha value is -2.94. The molecule has 0 spiro atoms. The van der Waals surface area contributed by atoms with Crippen LogP contribution in [0.25, 0.3) is 0 Å². The third kappa shape index (κ3) is 5.28. The van der Waals surface area contributed by atoms with Gasteiger partial charge in [-0.2, -0.15) is 0 Å². The van der Waals surface area contributed by atoms with Gasteiger partial charge in [-0.15, -0.1) is 0 Å². The predicted octanol–water partition coefficient (Wildman–Crippen LogP) is 2.16. The number of methoxy groups -OCH3 is 1. The molecule has 132 valence electrons. The molecule has 2 rings (SSSR count). The van der Waals surface area contributed by atoms with Gasteiger partial charge in [0.15, 0.2) is 9.84 Å². The van der Waals surface area contributed by atoms with Crippen LogP contribution in [-0.4, -0.2) is 32.1 Å². The smallest absolute Gasteiger partial charge is 0.271 e. The molecule has 2 aromatic carbocycles. The minimum Gasteiger partial charge on any atom is -0.495 e. The number of nitro benzene ring substituents is 1.